The summed E-state index contributed by atoms with van der Waals surface area (Å²) in [5.74, 6) is 2.09. The van der Waals surface area contributed by atoms with Gasteiger partial charge in [-0.3, -0.25) is 0 Å². The topological polar surface area (TPSA) is 29.9 Å². The molecule has 4 rings (SSSR count). The van der Waals surface area contributed by atoms with E-state index in [1.807, 2.05) is 0 Å². The van der Waals surface area contributed by atoms with E-state index in [0.29, 0.717) is 0 Å². The van der Waals surface area contributed by atoms with Gasteiger partial charge in [0.2, 0.25) is 0 Å². The number of para-hydroxylation sites is 2. The Labute approximate surface area is 107 Å². The molecule has 18 heavy (non-hydrogen) atoms. The summed E-state index contributed by atoms with van der Waals surface area (Å²) in [6, 6.07) is 9.31. The molecule has 1 saturated carbocycles. The molecule has 94 valence electrons. The molecule has 1 saturated heterocycles. The lowest BCUT2D eigenvalue weighted by Gasteiger charge is -2.11. The predicted molar refractivity (Wildman–Crippen MR) is 72.7 cm³/mol. The largest absolute Gasteiger partial charge is 0.325 e. The molecular weight excluding hydrogens is 222 g/mol. The van der Waals surface area contributed by atoms with Crippen molar-refractivity contribution in [2.45, 2.75) is 31.7 Å². The smallest absolute Gasteiger partial charge is 0.110 e. The number of hydrogen-bond donors (Lipinski definition) is 1. The van der Waals surface area contributed by atoms with Crippen LogP contribution in [0.2, 0.25) is 0 Å². The molecule has 0 radical (unpaired) electrons. The molecule has 3 nitrogen and oxygen atoms in total. The van der Waals surface area contributed by atoms with Crippen molar-refractivity contribution in [2.75, 3.05) is 13.1 Å². The van der Waals surface area contributed by atoms with Crippen molar-refractivity contribution in [1.29, 1.82) is 0 Å². The third-order valence-electron chi connectivity index (χ3n) is 4.21. The summed E-state index contributed by atoms with van der Waals surface area (Å²) >= 11 is 0. The Kier molecular flexibility index (Phi) is 2.40. The van der Waals surface area contributed by atoms with Crippen LogP contribution in [-0.4, -0.2) is 22.6 Å². The Bertz CT molecular complexity index is 562. The maximum atomic E-state index is 4.87. The molecule has 0 amide bonds. The van der Waals surface area contributed by atoms with Crippen molar-refractivity contribution < 1.29 is 0 Å². The lowest BCUT2D eigenvalue weighted by molar-refractivity contribution is 0.540. The number of rotatable bonds is 3. The van der Waals surface area contributed by atoms with Gasteiger partial charge in [-0.2, -0.15) is 0 Å². The first-order valence-corrected chi connectivity index (χ1v) is 7.08. The average molecular weight is 241 g/mol. The summed E-state index contributed by atoms with van der Waals surface area (Å²) in [7, 11) is 0. The average Bonchev–Trinajstić information content (AvgIpc) is 2.97. The molecule has 2 heterocycles. The second-order valence-corrected chi connectivity index (χ2v) is 5.68. The van der Waals surface area contributed by atoms with Crippen molar-refractivity contribution in [3.63, 3.8) is 0 Å². The van der Waals surface area contributed by atoms with Crippen molar-refractivity contribution >= 4 is 11.0 Å². The molecule has 2 aromatic rings. The third-order valence-corrected chi connectivity index (χ3v) is 4.21. The van der Waals surface area contributed by atoms with Gasteiger partial charge in [0.1, 0.15) is 5.82 Å². The predicted octanol–water partition coefficient (Wildman–Crippen LogP) is 2.52. The summed E-state index contributed by atoms with van der Waals surface area (Å²) in [6.45, 7) is 2.34. The van der Waals surface area contributed by atoms with Gasteiger partial charge in [-0.1, -0.05) is 12.1 Å². The highest BCUT2D eigenvalue weighted by Crippen LogP contribution is 2.39. The van der Waals surface area contributed by atoms with Gasteiger partial charge in [0.15, 0.2) is 0 Å². The molecule has 0 bridgehead atoms. The van der Waals surface area contributed by atoms with Crippen molar-refractivity contribution in [3.8, 4) is 0 Å². The number of fused-ring (bicyclic) bond motifs is 1. The second-order valence-electron chi connectivity index (χ2n) is 5.68. The molecule has 0 spiro atoms. The molecule has 1 atom stereocenters. The van der Waals surface area contributed by atoms with Gasteiger partial charge in [0, 0.05) is 12.5 Å². The fourth-order valence-electron chi connectivity index (χ4n) is 3.13. The number of hydrogen-bond acceptors (Lipinski definition) is 2. The SMILES string of the molecule is c1ccc2c(c1)nc(CC1CCNC1)n2C1CC1. The highest BCUT2D eigenvalue weighted by Gasteiger charge is 2.29. The number of nitrogens with zero attached hydrogens (tertiary/aromatic N) is 2. The summed E-state index contributed by atoms with van der Waals surface area (Å²) in [5.41, 5.74) is 2.51. The zero-order valence-electron chi connectivity index (χ0n) is 10.6. The Morgan fingerprint density at radius 3 is 2.89 bits per heavy atom. The van der Waals surface area contributed by atoms with E-state index in [0.717, 1.165) is 24.9 Å². The Morgan fingerprint density at radius 1 is 1.22 bits per heavy atom. The lowest BCUT2D eigenvalue weighted by atomic mass is 10.0. The number of aromatic nitrogens is 2. The monoisotopic (exact) mass is 241 g/mol. The minimum absolute atomic E-state index is 0.724. The summed E-state index contributed by atoms with van der Waals surface area (Å²) in [5, 5.41) is 3.45. The highest BCUT2D eigenvalue weighted by atomic mass is 15.1. The minimum Gasteiger partial charge on any atom is -0.325 e. The van der Waals surface area contributed by atoms with E-state index in [1.165, 1.54) is 42.7 Å². The van der Waals surface area contributed by atoms with E-state index in [9.17, 15) is 0 Å². The molecule has 3 heteroatoms. The first-order valence-electron chi connectivity index (χ1n) is 7.08. The van der Waals surface area contributed by atoms with Crippen molar-refractivity contribution in [1.82, 2.24) is 14.9 Å². The Hall–Kier alpha value is -1.35. The number of imidazole rings is 1. The van der Waals surface area contributed by atoms with E-state index in [1.54, 1.807) is 0 Å². The normalized spacial score (nSPS) is 23.9. The van der Waals surface area contributed by atoms with Gasteiger partial charge < -0.3 is 9.88 Å². The number of benzene rings is 1. The van der Waals surface area contributed by atoms with E-state index in [2.05, 4.69) is 34.1 Å². The van der Waals surface area contributed by atoms with E-state index < -0.39 is 0 Å². The zero-order valence-corrected chi connectivity index (χ0v) is 10.6. The molecule has 1 aliphatic heterocycles. The van der Waals surface area contributed by atoms with Crippen LogP contribution in [0.5, 0.6) is 0 Å². The zero-order chi connectivity index (χ0) is 11.9. The van der Waals surface area contributed by atoms with Crippen molar-refractivity contribution in [3.05, 3.63) is 30.1 Å². The standard InChI is InChI=1S/C15H19N3/c1-2-4-14-13(3-1)17-15(18(14)12-5-6-12)9-11-7-8-16-10-11/h1-4,11-12,16H,5-10H2. The quantitative estimate of drug-likeness (QED) is 0.895. The summed E-state index contributed by atoms with van der Waals surface area (Å²) < 4.78 is 2.51. The fraction of sp³-hybridized carbons (Fsp3) is 0.533. The summed E-state index contributed by atoms with van der Waals surface area (Å²) in [4.78, 5) is 4.87. The van der Waals surface area contributed by atoms with Crippen LogP contribution in [0.3, 0.4) is 0 Å². The van der Waals surface area contributed by atoms with Crippen LogP contribution in [0.1, 0.15) is 31.1 Å². The van der Waals surface area contributed by atoms with Crippen LogP contribution >= 0.6 is 0 Å². The van der Waals surface area contributed by atoms with Crippen LogP contribution in [0.25, 0.3) is 11.0 Å². The fourth-order valence-corrected chi connectivity index (χ4v) is 3.13. The molecule has 1 N–H and O–H groups in total. The first-order chi connectivity index (χ1) is 8.92. The van der Waals surface area contributed by atoms with E-state index in [-0.39, 0.29) is 0 Å². The van der Waals surface area contributed by atoms with Crippen LogP contribution in [0.4, 0.5) is 0 Å². The van der Waals surface area contributed by atoms with Gasteiger partial charge in [-0.15, -0.1) is 0 Å². The van der Waals surface area contributed by atoms with E-state index >= 15 is 0 Å². The number of nitrogens with one attached hydrogen (secondary N) is 1. The van der Waals surface area contributed by atoms with Gasteiger partial charge in [-0.25, -0.2) is 4.98 Å². The molecule has 2 aliphatic rings. The lowest BCUT2D eigenvalue weighted by Crippen LogP contribution is -2.13. The van der Waals surface area contributed by atoms with Gasteiger partial charge in [0.05, 0.1) is 11.0 Å². The Morgan fingerprint density at radius 2 is 2.11 bits per heavy atom. The van der Waals surface area contributed by atoms with Crippen LogP contribution in [0, 0.1) is 5.92 Å². The molecule has 1 aromatic carbocycles. The van der Waals surface area contributed by atoms with Gasteiger partial charge >= 0.3 is 0 Å². The maximum absolute atomic E-state index is 4.87. The van der Waals surface area contributed by atoms with Crippen LogP contribution in [0.15, 0.2) is 24.3 Å². The molecular formula is C15H19N3. The van der Waals surface area contributed by atoms with Crippen molar-refractivity contribution in [2.24, 2.45) is 5.92 Å². The summed E-state index contributed by atoms with van der Waals surface area (Å²) in [6.07, 6.45) is 5.10. The van der Waals surface area contributed by atoms with Crippen LogP contribution in [-0.2, 0) is 6.42 Å². The molecule has 1 unspecified atom stereocenters. The van der Waals surface area contributed by atoms with E-state index in [4.69, 9.17) is 4.98 Å². The van der Waals surface area contributed by atoms with Gasteiger partial charge in [-0.05, 0) is 50.4 Å². The maximum Gasteiger partial charge on any atom is 0.110 e. The van der Waals surface area contributed by atoms with Crippen LogP contribution < -0.4 is 5.32 Å². The molecule has 1 aromatic heterocycles. The molecule has 2 fully saturated rings. The Balaban J connectivity index is 1.75. The first kappa shape index (κ1) is 10.6. The van der Waals surface area contributed by atoms with Gasteiger partial charge in [0.25, 0.3) is 0 Å². The minimum atomic E-state index is 0.724. The second kappa shape index (κ2) is 4.09. The molecule has 1 aliphatic carbocycles. The third kappa shape index (κ3) is 1.74. The highest BCUT2D eigenvalue weighted by molar-refractivity contribution is 5.76.